The molecule has 2 saturated heterocycles. The van der Waals surface area contributed by atoms with Crippen LogP contribution in [-0.4, -0.2) is 47.6 Å². The predicted octanol–water partition coefficient (Wildman–Crippen LogP) is 2.59. The second-order valence-electron chi connectivity index (χ2n) is 5.68. The Kier molecular flexibility index (Phi) is 5.19. The highest BCUT2D eigenvalue weighted by Crippen LogP contribution is 2.30. The molecule has 0 aromatic heterocycles. The highest BCUT2D eigenvalue weighted by Gasteiger charge is 2.33. The fourth-order valence-electron chi connectivity index (χ4n) is 3.30. The molecule has 0 saturated carbocycles. The molecule has 3 heteroatoms. The zero-order valence-electron chi connectivity index (χ0n) is 11.6. The maximum Gasteiger partial charge on any atom is 0.0175 e. The zero-order chi connectivity index (χ0) is 12.3. The Hall–Kier alpha value is 0.270. The van der Waals surface area contributed by atoms with Crippen molar-refractivity contribution >= 4 is 11.8 Å². The van der Waals surface area contributed by atoms with E-state index < -0.39 is 0 Å². The molecule has 2 aliphatic heterocycles. The van der Waals surface area contributed by atoms with Crippen LogP contribution in [0.5, 0.6) is 0 Å². The third-order valence-corrected chi connectivity index (χ3v) is 6.01. The van der Waals surface area contributed by atoms with E-state index >= 15 is 0 Å². The van der Waals surface area contributed by atoms with Crippen molar-refractivity contribution in [2.45, 2.75) is 57.4 Å². The van der Waals surface area contributed by atoms with Crippen molar-refractivity contribution in [2.24, 2.45) is 5.92 Å². The summed E-state index contributed by atoms with van der Waals surface area (Å²) in [6.07, 6.45) is 4.21. The average Bonchev–Trinajstić information content (AvgIpc) is 2.82. The van der Waals surface area contributed by atoms with Gasteiger partial charge in [0.2, 0.25) is 0 Å². The first-order chi connectivity index (χ1) is 8.22. The van der Waals surface area contributed by atoms with Gasteiger partial charge in [-0.3, -0.25) is 4.90 Å². The molecule has 2 aliphatic rings. The van der Waals surface area contributed by atoms with Gasteiger partial charge in [-0.25, -0.2) is 0 Å². The zero-order valence-corrected chi connectivity index (χ0v) is 12.4. The summed E-state index contributed by atoms with van der Waals surface area (Å²) in [7, 11) is 0. The minimum atomic E-state index is 0.738. The van der Waals surface area contributed by atoms with Crippen molar-refractivity contribution in [3.8, 4) is 0 Å². The molecule has 17 heavy (non-hydrogen) atoms. The van der Waals surface area contributed by atoms with Crippen LogP contribution in [0.4, 0.5) is 0 Å². The molecule has 0 aromatic carbocycles. The summed E-state index contributed by atoms with van der Waals surface area (Å²) in [6, 6.07) is 1.48. The molecule has 0 amide bonds. The lowest BCUT2D eigenvalue weighted by Gasteiger charge is -2.43. The summed E-state index contributed by atoms with van der Waals surface area (Å²) < 4.78 is 0. The molecule has 1 N–H and O–H groups in total. The van der Waals surface area contributed by atoms with Crippen LogP contribution in [0.2, 0.25) is 0 Å². The fourth-order valence-corrected chi connectivity index (χ4v) is 4.59. The van der Waals surface area contributed by atoms with Gasteiger partial charge in [0, 0.05) is 23.9 Å². The average molecular weight is 256 g/mol. The Morgan fingerprint density at radius 2 is 2.12 bits per heavy atom. The van der Waals surface area contributed by atoms with E-state index in [1.807, 2.05) is 0 Å². The van der Waals surface area contributed by atoms with Crippen molar-refractivity contribution in [1.82, 2.24) is 10.2 Å². The molecule has 0 bridgehead atoms. The third-order valence-electron chi connectivity index (χ3n) is 4.63. The molecule has 4 unspecified atom stereocenters. The van der Waals surface area contributed by atoms with Gasteiger partial charge in [-0.15, -0.1) is 0 Å². The van der Waals surface area contributed by atoms with E-state index in [9.17, 15) is 0 Å². The van der Waals surface area contributed by atoms with Gasteiger partial charge < -0.3 is 5.32 Å². The number of piperidine rings is 1. The SMILES string of the molecule is CCNC1CCN(CC2CCCS2)C(C)C1C. The van der Waals surface area contributed by atoms with Crippen molar-refractivity contribution in [3.63, 3.8) is 0 Å². The summed E-state index contributed by atoms with van der Waals surface area (Å²) in [4.78, 5) is 2.74. The first kappa shape index (κ1) is 13.7. The number of nitrogens with zero attached hydrogens (tertiary/aromatic N) is 1. The van der Waals surface area contributed by atoms with Crippen molar-refractivity contribution < 1.29 is 0 Å². The van der Waals surface area contributed by atoms with Crippen molar-refractivity contribution in [1.29, 1.82) is 0 Å². The summed E-state index contributed by atoms with van der Waals surface area (Å²) in [5, 5.41) is 4.56. The number of likely N-dealkylation sites (tertiary alicyclic amines) is 1. The highest BCUT2D eigenvalue weighted by molar-refractivity contribution is 8.00. The van der Waals surface area contributed by atoms with E-state index in [0.29, 0.717) is 0 Å². The van der Waals surface area contributed by atoms with Crippen molar-refractivity contribution in [3.05, 3.63) is 0 Å². The minimum absolute atomic E-state index is 0.738. The molecule has 0 aliphatic carbocycles. The van der Waals surface area contributed by atoms with E-state index in [0.717, 1.165) is 29.8 Å². The van der Waals surface area contributed by atoms with Gasteiger partial charge in [0.05, 0.1) is 0 Å². The lowest BCUT2D eigenvalue weighted by Crippen LogP contribution is -2.54. The van der Waals surface area contributed by atoms with Crippen LogP contribution in [0.3, 0.4) is 0 Å². The number of rotatable bonds is 4. The number of thioether (sulfide) groups is 1. The summed E-state index contributed by atoms with van der Waals surface area (Å²) in [5.41, 5.74) is 0. The van der Waals surface area contributed by atoms with Crippen molar-refractivity contribution in [2.75, 3.05) is 25.4 Å². The Labute approximate surface area is 111 Å². The van der Waals surface area contributed by atoms with Gasteiger partial charge in [0.15, 0.2) is 0 Å². The molecule has 0 radical (unpaired) electrons. The van der Waals surface area contributed by atoms with Gasteiger partial charge >= 0.3 is 0 Å². The Bertz CT molecular complexity index is 228. The maximum absolute atomic E-state index is 3.65. The van der Waals surface area contributed by atoms with Gasteiger partial charge in [0.1, 0.15) is 0 Å². The Morgan fingerprint density at radius 1 is 1.29 bits per heavy atom. The van der Waals surface area contributed by atoms with E-state index in [-0.39, 0.29) is 0 Å². The van der Waals surface area contributed by atoms with Gasteiger partial charge in [-0.1, -0.05) is 13.8 Å². The van der Waals surface area contributed by atoms with E-state index in [4.69, 9.17) is 0 Å². The first-order valence-electron chi connectivity index (χ1n) is 7.31. The smallest absolute Gasteiger partial charge is 0.0175 e. The largest absolute Gasteiger partial charge is 0.314 e. The van der Waals surface area contributed by atoms with Crippen LogP contribution in [0.1, 0.15) is 40.0 Å². The second kappa shape index (κ2) is 6.44. The van der Waals surface area contributed by atoms with Gasteiger partial charge in [-0.2, -0.15) is 11.8 Å². The normalized spacial score (nSPS) is 39.7. The molecule has 2 rings (SSSR count). The van der Waals surface area contributed by atoms with Crippen LogP contribution < -0.4 is 5.32 Å². The third kappa shape index (κ3) is 3.39. The molecule has 2 heterocycles. The molecule has 0 aromatic rings. The first-order valence-corrected chi connectivity index (χ1v) is 8.36. The number of hydrogen-bond donors (Lipinski definition) is 1. The maximum atomic E-state index is 3.65. The van der Waals surface area contributed by atoms with E-state index in [1.54, 1.807) is 0 Å². The van der Waals surface area contributed by atoms with Crippen LogP contribution >= 0.6 is 11.8 Å². The minimum Gasteiger partial charge on any atom is -0.314 e. The molecule has 2 nitrogen and oxygen atoms in total. The lowest BCUT2D eigenvalue weighted by atomic mass is 9.87. The molecule has 4 atom stereocenters. The summed E-state index contributed by atoms with van der Waals surface area (Å²) in [6.45, 7) is 10.8. The molecule has 0 spiro atoms. The quantitative estimate of drug-likeness (QED) is 0.832. The topological polar surface area (TPSA) is 15.3 Å². The molecule has 2 fully saturated rings. The monoisotopic (exact) mass is 256 g/mol. The summed E-state index contributed by atoms with van der Waals surface area (Å²) >= 11 is 2.19. The second-order valence-corrected chi connectivity index (χ2v) is 7.09. The van der Waals surface area contributed by atoms with Crippen LogP contribution in [0, 0.1) is 5.92 Å². The molecular weight excluding hydrogens is 228 g/mol. The standard InChI is InChI=1S/C14H28N2S/c1-4-15-14-7-8-16(12(3)11(14)2)10-13-6-5-9-17-13/h11-15H,4-10H2,1-3H3. The van der Waals surface area contributed by atoms with Crippen LogP contribution in [0.25, 0.3) is 0 Å². The van der Waals surface area contributed by atoms with E-state index in [2.05, 4.69) is 42.7 Å². The van der Waals surface area contributed by atoms with Gasteiger partial charge in [0.25, 0.3) is 0 Å². The number of nitrogens with one attached hydrogen (secondary N) is 1. The lowest BCUT2D eigenvalue weighted by molar-refractivity contribution is 0.0859. The summed E-state index contributed by atoms with van der Waals surface area (Å²) in [5.74, 6) is 2.18. The highest BCUT2D eigenvalue weighted by atomic mass is 32.2. The van der Waals surface area contributed by atoms with Crippen LogP contribution in [-0.2, 0) is 0 Å². The Balaban J connectivity index is 1.84. The predicted molar refractivity (Wildman–Crippen MR) is 77.8 cm³/mol. The fraction of sp³-hybridized carbons (Fsp3) is 1.00. The van der Waals surface area contributed by atoms with Gasteiger partial charge in [-0.05, 0) is 50.9 Å². The van der Waals surface area contributed by atoms with E-state index in [1.165, 1.54) is 38.1 Å². The molecule has 100 valence electrons. The van der Waals surface area contributed by atoms with Crippen LogP contribution in [0.15, 0.2) is 0 Å². The number of hydrogen-bond acceptors (Lipinski definition) is 3. The Morgan fingerprint density at radius 3 is 2.76 bits per heavy atom. The molecular formula is C14H28N2S.